The van der Waals surface area contributed by atoms with Crippen LogP contribution in [0.3, 0.4) is 0 Å². The molecule has 0 spiro atoms. The van der Waals surface area contributed by atoms with E-state index >= 15 is 0 Å². The van der Waals surface area contributed by atoms with E-state index in [0.717, 1.165) is 23.3 Å². The summed E-state index contributed by atoms with van der Waals surface area (Å²) in [5.41, 5.74) is 3.01. The predicted molar refractivity (Wildman–Crippen MR) is 96.5 cm³/mol. The number of nitrogens with zero attached hydrogens (tertiary/aromatic N) is 1. The van der Waals surface area contributed by atoms with E-state index in [2.05, 4.69) is 10.3 Å². The first-order valence-electron chi connectivity index (χ1n) is 8.62. The fraction of sp³-hybridized carbons (Fsp3) is 0.300. The van der Waals surface area contributed by atoms with Gasteiger partial charge >= 0.3 is 0 Å². The van der Waals surface area contributed by atoms with Crippen LogP contribution in [0, 0.1) is 0 Å². The number of ether oxygens (including phenoxy) is 2. The standard InChI is InChI=1S/C20H20N2O4/c1-24-16-5-2-13(3-6-16)10-19-22-17-7-4-14(11-18(17)26-19)20(23)21-15-8-9-25-12-15/h2-7,11,15H,8-10,12H2,1H3,(H,21,23)/t15-/m0/s1. The molecule has 1 fully saturated rings. The highest BCUT2D eigenvalue weighted by Crippen LogP contribution is 2.21. The number of aromatic nitrogens is 1. The molecule has 26 heavy (non-hydrogen) atoms. The second-order valence-electron chi connectivity index (χ2n) is 6.35. The quantitative estimate of drug-likeness (QED) is 0.764. The van der Waals surface area contributed by atoms with Gasteiger partial charge in [-0.1, -0.05) is 12.1 Å². The molecule has 1 atom stereocenters. The van der Waals surface area contributed by atoms with Crippen molar-refractivity contribution in [3.05, 3.63) is 59.5 Å². The third-order valence-electron chi connectivity index (χ3n) is 4.47. The fourth-order valence-corrected chi connectivity index (χ4v) is 3.02. The van der Waals surface area contributed by atoms with Crippen molar-refractivity contribution < 1.29 is 18.7 Å². The van der Waals surface area contributed by atoms with Gasteiger partial charge in [-0.25, -0.2) is 4.98 Å². The van der Waals surface area contributed by atoms with E-state index in [-0.39, 0.29) is 11.9 Å². The highest BCUT2D eigenvalue weighted by molar-refractivity contribution is 5.97. The van der Waals surface area contributed by atoms with Crippen LogP contribution >= 0.6 is 0 Å². The Hall–Kier alpha value is -2.86. The lowest BCUT2D eigenvalue weighted by Gasteiger charge is -2.10. The highest BCUT2D eigenvalue weighted by atomic mass is 16.5. The number of fused-ring (bicyclic) bond motifs is 1. The lowest BCUT2D eigenvalue weighted by molar-refractivity contribution is 0.0930. The Morgan fingerprint density at radius 2 is 2.12 bits per heavy atom. The maximum atomic E-state index is 12.4. The zero-order chi connectivity index (χ0) is 17.9. The first-order chi connectivity index (χ1) is 12.7. The van der Waals surface area contributed by atoms with Crippen LogP contribution in [0.15, 0.2) is 46.9 Å². The molecule has 6 nitrogen and oxygen atoms in total. The van der Waals surface area contributed by atoms with Gasteiger partial charge in [-0.3, -0.25) is 4.79 Å². The molecule has 2 aromatic carbocycles. The van der Waals surface area contributed by atoms with Gasteiger partial charge in [-0.2, -0.15) is 0 Å². The summed E-state index contributed by atoms with van der Waals surface area (Å²) in [6.45, 7) is 1.27. The summed E-state index contributed by atoms with van der Waals surface area (Å²) in [6, 6.07) is 13.2. The highest BCUT2D eigenvalue weighted by Gasteiger charge is 2.19. The lowest BCUT2D eigenvalue weighted by atomic mass is 10.1. The second kappa shape index (κ2) is 7.17. The molecule has 4 rings (SSSR count). The van der Waals surface area contributed by atoms with Gasteiger partial charge in [0.25, 0.3) is 5.91 Å². The largest absolute Gasteiger partial charge is 0.497 e. The molecule has 3 aromatic rings. The van der Waals surface area contributed by atoms with Crippen LogP contribution in [0.4, 0.5) is 0 Å². The molecule has 1 aromatic heterocycles. The van der Waals surface area contributed by atoms with Crippen molar-refractivity contribution in [3.63, 3.8) is 0 Å². The number of oxazole rings is 1. The number of carbonyl (C=O) groups excluding carboxylic acids is 1. The van der Waals surface area contributed by atoms with Crippen LogP contribution in [-0.2, 0) is 11.2 Å². The SMILES string of the molecule is COc1ccc(Cc2nc3ccc(C(=O)N[C@H]4CCOC4)cc3o2)cc1. The second-order valence-corrected chi connectivity index (χ2v) is 6.35. The van der Waals surface area contributed by atoms with Crippen molar-refractivity contribution in [3.8, 4) is 5.75 Å². The average molecular weight is 352 g/mol. The molecule has 1 amide bonds. The van der Waals surface area contributed by atoms with Gasteiger partial charge in [-0.15, -0.1) is 0 Å². The summed E-state index contributed by atoms with van der Waals surface area (Å²) in [4.78, 5) is 16.9. The van der Waals surface area contributed by atoms with Crippen molar-refractivity contribution in [2.24, 2.45) is 0 Å². The molecule has 1 aliphatic heterocycles. The summed E-state index contributed by atoms with van der Waals surface area (Å²) in [5, 5.41) is 2.98. The zero-order valence-electron chi connectivity index (χ0n) is 14.5. The molecule has 6 heteroatoms. The minimum absolute atomic E-state index is 0.0820. The lowest BCUT2D eigenvalue weighted by Crippen LogP contribution is -2.34. The Labute approximate surface area is 151 Å². The molecule has 0 aliphatic carbocycles. The van der Waals surface area contributed by atoms with E-state index < -0.39 is 0 Å². The van der Waals surface area contributed by atoms with Crippen molar-refractivity contribution >= 4 is 17.0 Å². The smallest absolute Gasteiger partial charge is 0.251 e. The van der Waals surface area contributed by atoms with Crippen LogP contribution in [0.25, 0.3) is 11.1 Å². The molecule has 0 bridgehead atoms. The van der Waals surface area contributed by atoms with E-state index in [9.17, 15) is 4.79 Å². The predicted octanol–water partition coefficient (Wildman–Crippen LogP) is 2.95. The van der Waals surface area contributed by atoms with E-state index in [1.54, 1.807) is 19.2 Å². The van der Waals surface area contributed by atoms with E-state index in [4.69, 9.17) is 13.9 Å². The van der Waals surface area contributed by atoms with Crippen LogP contribution in [-0.4, -0.2) is 37.3 Å². The summed E-state index contributed by atoms with van der Waals surface area (Å²) >= 11 is 0. The van der Waals surface area contributed by atoms with Crippen molar-refractivity contribution in [1.82, 2.24) is 10.3 Å². The topological polar surface area (TPSA) is 73.6 Å². The number of benzene rings is 2. The number of methoxy groups -OCH3 is 1. The molecule has 1 aliphatic rings. The maximum absolute atomic E-state index is 12.4. The number of hydrogen-bond donors (Lipinski definition) is 1. The van der Waals surface area contributed by atoms with Gasteiger partial charge in [0.2, 0.25) is 0 Å². The van der Waals surface area contributed by atoms with Crippen LogP contribution < -0.4 is 10.1 Å². The minimum atomic E-state index is -0.115. The van der Waals surface area contributed by atoms with Gasteiger partial charge < -0.3 is 19.2 Å². The molecule has 0 saturated carbocycles. The number of rotatable bonds is 5. The molecule has 134 valence electrons. The van der Waals surface area contributed by atoms with Crippen molar-refractivity contribution in [2.75, 3.05) is 20.3 Å². The van der Waals surface area contributed by atoms with Gasteiger partial charge in [0, 0.05) is 18.6 Å². The van der Waals surface area contributed by atoms with Gasteiger partial charge in [0.1, 0.15) is 11.3 Å². The van der Waals surface area contributed by atoms with E-state index in [1.165, 1.54) is 0 Å². The third-order valence-corrected chi connectivity index (χ3v) is 4.47. The van der Waals surface area contributed by atoms with Crippen LogP contribution in [0.1, 0.15) is 28.2 Å². The van der Waals surface area contributed by atoms with Gasteiger partial charge in [0.05, 0.1) is 19.8 Å². The van der Waals surface area contributed by atoms with E-state index in [0.29, 0.717) is 36.7 Å². The molecular weight excluding hydrogens is 332 g/mol. The molecule has 0 radical (unpaired) electrons. The summed E-state index contributed by atoms with van der Waals surface area (Å²) in [6.07, 6.45) is 1.43. The Kier molecular flexibility index (Phi) is 4.58. The summed E-state index contributed by atoms with van der Waals surface area (Å²) in [5.74, 6) is 1.32. The van der Waals surface area contributed by atoms with Crippen LogP contribution in [0.2, 0.25) is 0 Å². The van der Waals surface area contributed by atoms with Gasteiger partial charge in [-0.05, 0) is 42.3 Å². The minimum Gasteiger partial charge on any atom is -0.497 e. The fourth-order valence-electron chi connectivity index (χ4n) is 3.02. The van der Waals surface area contributed by atoms with Gasteiger partial charge in [0.15, 0.2) is 11.5 Å². The van der Waals surface area contributed by atoms with Crippen molar-refractivity contribution in [2.45, 2.75) is 18.9 Å². The number of amides is 1. The first-order valence-corrected chi connectivity index (χ1v) is 8.62. The average Bonchev–Trinajstić information content (AvgIpc) is 3.30. The molecule has 1 saturated heterocycles. The normalized spacial score (nSPS) is 16.7. The third kappa shape index (κ3) is 3.55. The van der Waals surface area contributed by atoms with Crippen molar-refractivity contribution in [1.29, 1.82) is 0 Å². The molecule has 1 N–H and O–H groups in total. The zero-order valence-corrected chi connectivity index (χ0v) is 14.5. The Balaban J connectivity index is 1.50. The monoisotopic (exact) mass is 352 g/mol. The number of hydrogen-bond acceptors (Lipinski definition) is 5. The van der Waals surface area contributed by atoms with Crippen LogP contribution in [0.5, 0.6) is 5.75 Å². The first kappa shape index (κ1) is 16.6. The molecule has 0 unspecified atom stereocenters. The Morgan fingerprint density at radius 3 is 2.85 bits per heavy atom. The van der Waals surface area contributed by atoms with E-state index in [1.807, 2.05) is 30.3 Å². The Bertz CT molecular complexity index is 911. The molecule has 2 heterocycles. The summed E-state index contributed by atoms with van der Waals surface area (Å²) in [7, 11) is 1.64. The Morgan fingerprint density at radius 1 is 1.27 bits per heavy atom. The molecular formula is C20H20N2O4. The maximum Gasteiger partial charge on any atom is 0.251 e. The number of nitrogens with one attached hydrogen (secondary N) is 1. The summed E-state index contributed by atoms with van der Waals surface area (Å²) < 4.78 is 16.3. The number of carbonyl (C=O) groups is 1.